The van der Waals surface area contributed by atoms with Crippen molar-refractivity contribution in [1.29, 1.82) is 0 Å². The Morgan fingerprint density at radius 1 is 1.10 bits per heavy atom. The molecule has 0 spiro atoms. The summed E-state index contributed by atoms with van der Waals surface area (Å²) in [5, 5.41) is 3.51. The number of fused-ring (bicyclic) bond motifs is 4. The third kappa shape index (κ3) is 4.49. The minimum absolute atomic E-state index is 0. The molecule has 0 unspecified atom stereocenters. The van der Waals surface area contributed by atoms with Crippen LogP contribution < -0.4 is 16.6 Å². The van der Waals surface area contributed by atoms with Crippen LogP contribution in [0.5, 0.6) is 0 Å². The van der Waals surface area contributed by atoms with Gasteiger partial charge in [0.05, 0.1) is 0 Å². The summed E-state index contributed by atoms with van der Waals surface area (Å²) in [5.74, 6) is 1.86. The van der Waals surface area contributed by atoms with Gasteiger partial charge in [0.2, 0.25) is 5.95 Å². The molecule has 0 saturated carbocycles. The lowest BCUT2D eigenvalue weighted by atomic mass is 9.84. The van der Waals surface area contributed by atoms with E-state index in [2.05, 4.69) is 36.9 Å². The summed E-state index contributed by atoms with van der Waals surface area (Å²) in [7, 11) is 0. The Labute approximate surface area is 189 Å². The number of nitrogens with two attached hydrogens (primary N) is 1. The molecule has 0 radical (unpaired) electrons. The molecule has 0 aromatic carbocycles. The molecule has 0 aliphatic carbocycles. The van der Waals surface area contributed by atoms with Crippen LogP contribution in [0.25, 0.3) is 0 Å². The Morgan fingerprint density at radius 2 is 1.90 bits per heavy atom. The number of halogens is 2. The normalized spacial score (nSPS) is 23.7. The van der Waals surface area contributed by atoms with Crippen LogP contribution in [-0.2, 0) is 13.1 Å². The molecule has 3 aliphatic rings. The summed E-state index contributed by atoms with van der Waals surface area (Å²) in [6, 6.07) is 6.24. The van der Waals surface area contributed by atoms with Crippen LogP contribution in [0.4, 0.5) is 5.95 Å². The molecule has 2 atom stereocenters. The number of hydrogen-bond acceptors (Lipinski definition) is 6. The van der Waals surface area contributed by atoms with E-state index in [9.17, 15) is 4.79 Å². The fraction of sp³-hybridized carbons (Fsp3) is 0.571. The first-order valence-corrected chi connectivity index (χ1v) is 10.4. The van der Waals surface area contributed by atoms with Crippen molar-refractivity contribution in [3.63, 3.8) is 0 Å². The highest BCUT2D eigenvalue weighted by atomic mass is 35.5. The van der Waals surface area contributed by atoms with Gasteiger partial charge in [-0.05, 0) is 56.9 Å². The summed E-state index contributed by atoms with van der Waals surface area (Å²) in [6.45, 7) is 5.59. The smallest absolute Gasteiger partial charge is 0.255 e. The third-order valence-electron chi connectivity index (χ3n) is 6.68. The predicted octanol–water partition coefficient (Wildman–Crippen LogP) is 2.15. The molecule has 2 aromatic heterocycles. The monoisotopic (exact) mass is 452 g/mol. The van der Waals surface area contributed by atoms with Crippen molar-refractivity contribution in [1.82, 2.24) is 24.8 Å². The number of nitrogens with one attached hydrogen (secondary N) is 1. The van der Waals surface area contributed by atoms with E-state index in [4.69, 9.17) is 5.73 Å². The Balaban J connectivity index is 0.00000128. The van der Waals surface area contributed by atoms with Crippen LogP contribution in [0.2, 0.25) is 0 Å². The van der Waals surface area contributed by atoms with Crippen molar-refractivity contribution in [3.8, 4) is 0 Å². The molecular weight excluding hydrogens is 423 g/mol. The maximum absolute atomic E-state index is 13.1. The molecule has 2 bridgehead atoms. The second kappa shape index (κ2) is 9.64. The zero-order chi connectivity index (χ0) is 19.1. The molecule has 2 aromatic rings. The molecule has 5 rings (SSSR count). The molecule has 3 N–H and O–H groups in total. The van der Waals surface area contributed by atoms with Crippen molar-refractivity contribution in [3.05, 3.63) is 51.7 Å². The number of rotatable bonds is 3. The fourth-order valence-electron chi connectivity index (χ4n) is 5.20. The van der Waals surface area contributed by atoms with E-state index in [0.717, 1.165) is 63.4 Å². The van der Waals surface area contributed by atoms with Crippen LogP contribution >= 0.6 is 24.8 Å². The summed E-state index contributed by atoms with van der Waals surface area (Å²) in [4.78, 5) is 23.9. The zero-order valence-corrected chi connectivity index (χ0v) is 18.6. The van der Waals surface area contributed by atoms with Gasteiger partial charge in [-0.2, -0.15) is 0 Å². The molecule has 2 fully saturated rings. The zero-order valence-electron chi connectivity index (χ0n) is 17.0. The minimum Gasteiger partial charge on any atom is -0.368 e. The molecule has 30 heavy (non-hydrogen) atoms. The molecule has 164 valence electrons. The quantitative estimate of drug-likeness (QED) is 0.741. The van der Waals surface area contributed by atoms with Gasteiger partial charge in [0, 0.05) is 54.6 Å². The van der Waals surface area contributed by atoms with Gasteiger partial charge in [-0.1, -0.05) is 6.07 Å². The van der Waals surface area contributed by atoms with Crippen LogP contribution in [-0.4, -0.2) is 45.6 Å². The van der Waals surface area contributed by atoms with Gasteiger partial charge < -0.3 is 15.6 Å². The van der Waals surface area contributed by atoms with Crippen molar-refractivity contribution >= 4 is 30.8 Å². The lowest BCUT2D eigenvalue weighted by molar-refractivity contribution is 0.201. The fourth-order valence-corrected chi connectivity index (χ4v) is 5.20. The topological polar surface area (TPSA) is 89.1 Å². The van der Waals surface area contributed by atoms with Crippen LogP contribution in [0.3, 0.4) is 0 Å². The van der Waals surface area contributed by atoms with Crippen LogP contribution in [0, 0.1) is 5.92 Å². The number of nitrogens with zero attached hydrogens (tertiary/aromatic N) is 4. The van der Waals surface area contributed by atoms with E-state index in [1.54, 1.807) is 6.20 Å². The number of anilines is 1. The van der Waals surface area contributed by atoms with Gasteiger partial charge in [0.1, 0.15) is 0 Å². The van der Waals surface area contributed by atoms with Crippen LogP contribution in [0.15, 0.2) is 29.2 Å². The van der Waals surface area contributed by atoms with Gasteiger partial charge in [0.25, 0.3) is 5.56 Å². The second-order valence-electron chi connectivity index (χ2n) is 8.55. The standard InChI is InChI=1S/C21H28N6O.2ClH/c22-21-24-6-3-18(25-21)15-4-7-26(8-5-15)13-16-1-2-19-17-9-14(10-23-11-17)12-27(19)20(16)28;;/h1-3,6,14-15,17,23H,4-5,7-13H2,(H2,22,24,25);2*1H/t14-,17+;;/m0../s1. The first kappa shape index (κ1) is 23.0. The van der Waals surface area contributed by atoms with Crippen molar-refractivity contribution < 1.29 is 0 Å². The molecule has 2 saturated heterocycles. The number of nitrogen functional groups attached to an aromatic ring is 1. The molecule has 0 amide bonds. The highest BCUT2D eigenvalue weighted by Crippen LogP contribution is 2.32. The molecular formula is C21H30Cl2N6O. The first-order chi connectivity index (χ1) is 13.7. The average Bonchev–Trinajstić information content (AvgIpc) is 2.71. The Morgan fingerprint density at radius 3 is 2.67 bits per heavy atom. The first-order valence-electron chi connectivity index (χ1n) is 10.4. The number of pyridine rings is 1. The van der Waals surface area contributed by atoms with Gasteiger partial charge in [0.15, 0.2) is 0 Å². The van der Waals surface area contributed by atoms with E-state index in [1.165, 1.54) is 12.1 Å². The highest BCUT2D eigenvalue weighted by Gasteiger charge is 2.31. The molecule has 7 nitrogen and oxygen atoms in total. The van der Waals surface area contributed by atoms with Crippen LogP contribution in [0.1, 0.15) is 48.0 Å². The predicted molar refractivity (Wildman–Crippen MR) is 123 cm³/mol. The largest absolute Gasteiger partial charge is 0.368 e. The van der Waals surface area contributed by atoms with E-state index in [-0.39, 0.29) is 30.4 Å². The Kier molecular flexibility index (Phi) is 7.39. The maximum Gasteiger partial charge on any atom is 0.255 e. The Bertz CT molecular complexity index is 928. The van der Waals surface area contributed by atoms with E-state index < -0.39 is 0 Å². The van der Waals surface area contributed by atoms with E-state index in [0.29, 0.717) is 23.7 Å². The Hall–Kier alpha value is -1.67. The lowest BCUT2D eigenvalue weighted by Crippen LogP contribution is -2.45. The third-order valence-corrected chi connectivity index (χ3v) is 6.68. The molecule has 5 heterocycles. The minimum atomic E-state index is 0. The SMILES string of the molecule is Cl.Cl.Nc1nccc(C2CCN(Cc3ccc4n(c3=O)C[C@@H]3CNC[C@H]4C3)CC2)n1. The van der Waals surface area contributed by atoms with Crippen molar-refractivity contribution in [2.75, 3.05) is 31.9 Å². The van der Waals surface area contributed by atoms with Crippen molar-refractivity contribution in [2.24, 2.45) is 5.92 Å². The van der Waals surface area contributed by atoms with E-state index in [1.807, 2.05) is 6.07 Å². The van der Waals surface area contributed by atoms with E-state index >= 15 is 0 Å². The number of piperidine rings is 2. The number of aromatic nitrogens is 3. The summed E-state index contributed by atoms with van der Waals surface area (Å²) in [5.41, 5.74) is 9.14. The molecule has 9 heteroatoms. The summed E-state index contributed by atoms with van der Waals surface area (Å²) in [6.07, 6.45) is 5.03. The van der Waals surface area contributed by atoms with Crippen molar-refractivity contribution in [2.45, 2.75) is 44.2 Å². The lowest BCUT2D eigenvalue weighted by Gasteiger charge is -2.38. The number of likely N-dealkylation sites (tertiary alicyclic amines) is 1. The summed E-state index contributed by atoms with van der Waals surface area (Å²) < 4.78 is 2.06. The van der Waals surface area contributed by atoms with Gasteiger partial charge in [-0.15, -0.1) is 24.8 Å². The molecule has 3 aliphatic heterocycles. The summed E-state index contributed by atoms with van der Waals surface area (Å²) >= 11 is 0. The average molecular weight is 453 g/mol. The number of hydrogen-bond donors (Lipinski definition) is 2. The van der Waals surface area contributed by atoms with Gasteiger partial charge in [-0.3, -0.25) is 9.69 Å². The second-order valence-corrected chi connectivity index (χ2v) is 8.55. The maximum atomic E-state index is 13.1. The van der Waals surface area contributed by atoms with Gasteiger partial charge in [-0.25, -0.2) is 9.97 Å². The van der Waals surface area contributed by atoms with Gasteiger partial charge >= 0.3 is 0 Å². The highest BCUT2D eigenvalue weighted by molar-refractivity contribution is 5.85.